The lowest BCUT2D eigenvalue weighted by Crippen LogP contribution is -2.33. The predicted molar refractivity (Wildman–Crippen MR) is 167 cm³/mol. The van der Waals surface area contributed by atoms with Crippen molar-refractivity contribution < 1.29 is 71.7 Å². The smallest absolute Gasteiger partial charge is 0.428 e. The highest BCUT2D eigenvalue weighted by Crippen LogP contribution is 2.33. The largest absolute Gasteiger partial charge is 0.461 e. The van der Waals surface area contributed by atoms with Gasteiger partial charge in [0.1, 0.15) is 23.2 Å². The van der Waals surface area contributed by atoms with Crippen molar-refractivity contribution in [3.63, 3.8) is 0 Å². The normalized spacial score (nSPS) is 10.8. The highest BCUT2D eigenvalue weighted by atomic mass is 19.4. The molecule has 0 unspecified atom stereocenters. The summed E-state index contributed by atoms with van der Waals surface area (Å²) in [6, 6.07) is 15.7. The fraction of sp³-hybridized carbons (Fsp3) is 0.229. The molecule has 1 amide bonds. The highest BCUT2D eigenvalue weighted by Gasteiger charge is 2.44. The van der Waals surface area contributed by atoms with Gasteiger partial charge in [0.25, 0.3) is 0 Å². The maximum Gasteiger partial charge on any atom is 0.461 e. The van der Waals surface area contributed by atoms with Gasteiger partial charge in [-0.15, -0.1) is 12.8 Å². The number of aryl methyl sites for hydroxylation is 3. The minimum atomic E-state index is -4.73. The molecule has 0 saturated heterocycles. The summed E-state index contributed by atoms with van der Waals surface area (Å²) < 4.78 is 162. The van der Waals surface area contributed by atoms with E-state index in [1.165, 1.54) is 31.5 Å². The van der Waals surface area contributed by atoms with E-state index in [0.717, 1.165) is 42.0 Å². The first-order chi connectivity index (χ1) is 24.0. The van der Waals surface area contributed by atoms with Gasteiger partial charge < -0.3 is 15.2 Å². The number of benzene rings is 4. The van der Waals surface area contributed by atoms with Crippen LogP contribution in [0.25, 0.3) is 0 Å². The molecule has 4 aromatic carbocycles. The van der Waals surface area contributed by atoms with Gasteiger partial charge in [0.2, 0.25) is 6.41 Å². The average Bonchev–Trinajstić information content (AvgIpc) is 3.04. The molecular weight excluding hydrogens is 729 g/mol. The van der Waals surface area contributed by atoms with Crippen LogP contribution in [0.3, 0.4) is 0 Å². The Hall–Kier alpha value is -5.24. The van der Waals surface area contributed by atoms with Gasteiger partial charge in [-0.2, -0.15) is 43.9 Å². The summed E-state index contributed by atoms with van der Waals surface area (Å²) in [6.45, 7) is 5.13. The topological polar surface area (TPSA) is 58.6 Å². The summed E-state index contributed by atoms with van der Waals surface area (Å²) in [4.78, 5) is 10.0. The van der Waals surface area contributed by atoms with E-state index in [1.54, 1.807) is 0 Å². The van der Waals surface area contributed by atoms with Crippen LogP contribution in [0.4, 0.5) is 62.8 Å². The third kappa shape index (κ3) is 17.1. The quantitative estimate of drug-likeness (QED) is 0.117. The van der Waals surface area contributed by atoms with Gasteiger partial charge in [-0.1, -0.05) is 53.1 Å². The molecule has 0 fully saturated rings. The summed E-state index contributed by atoms with van der Waals surface area (Å²) in [7, 11) is 0. The number of aliphatic hydroxyl groups excluding tert-OH is 1. The van der Waals surface area contributed by atoms with Gasteiger partial charge in [-0.3, -0.25) is 4.79 Å². The molecule has 0 spiro atoms. The van der Waals surface area contributed by atoms with Crippen LogP contribution in [0, 0.1) is 51.1 Å². The van der Waals surface area contributed by atoms with E-state index in [2.05, 4.69) is 17.6 Å². The second-order valence-corrected chi connectivity index (χ2v) is 10.0. The van der Waals surface area contributed by atoms with Crippen molar-refractivity contribution in [1.82, 2.24) is 0 Å². The maximum atomic E-state index is 12.9. The Kier molecular flexibility index (Phi) is 19.1. The van der Waals surface area contributed by atoms with Gasteiger partial charge in [0.05, 0.1) is 17.7 Å². The van der Waals surface area contributed by atoms with Gasteiger partial charge in [-0.25, -0.2) is 13.2 Å². The van der Waals surface area contributed by atoms with Crippen molar-refractivity contribution in [2.75, 3.05) is 5.32 Å². The molecule has 52 heavy (non-hydrogen) atoms. The standard InChI is InChI=1S/C9H6F5NO2.2C8H6F4.C8H10O.C2H2/c10-5-1-6(15-4-16)3-7(2-5)17-9(13,14)8(11)12;2*1-5-2-3-7(9)6(4-5)8(10,11)12;1-7-2-4-8(6-9)5-3-7;1-2/h1-4,8H,(H,15,16);2*2-4H,1H3;2-5,9H,6H2,1H3;1-2H. The van der Waals surface area contributed by atoms with Gasteiger partial charge in [0.15, 0.2) is 0 Å². The summed E-state index contributed by atoms with van der Waals surface area (Å²) >= 11 is 0. The molecule has 0 aliphatic carbocycles. The first kappa shape index (κ1) is 46.8. The van der Waals surface area contributed by atoms with Crippen molar-refractivity contribution in [1.29, 1.82) is 0 Å². The van der Waals surface area contributed by atoms with Crippen molar-refractivity contribution in [3.05, 3.63) is 130 Å². The van der Waals surface area contributed by atoms with Crippen LogP contribution in [-0.2, 0) is 23.8 Å². The Morgan fingerprint density at radius 3 is 1.46 bits per heavy atom. The Morgan fingerprint density at radius 1 is 0.692 bits per heavy atom. The average molecular weight is 760 g/mol. The van der Waals surface area contributed by atoms with Crippen LogP contribution < -0.4 is 10.1 Å². The molecule has 0 radical (unpaired) electrons. The minimum Gasteiger partial charge on any atom is -0.428 e. The van der Waals surface area contributed by atoms with Gasteiger partial charge in [0, 0.05) is 17.8 Å². The van der Waals surface area contributed by atoms with E-state index in [0.29, 0.717) is 17.2 Å². The number of hydrogen-bond acceptors (Lipinski definition) is 3. The van der Waals surface area contributed by atoms with Crippen molar-refractivity contribution in [3.8, 4) is 18.6 Å². The Morgan fingerprint density at radius 2 is 1.12 bits per heavy atom. The summed E-state index contributed by atoms with van der Waals surface area (Å²) in [5.74, 6) is -4.29. The lowest BCUT2D eigenvalue weighted by Gasteiger charge is -2.17. The highest BCUT2D eigenvalue weighted by molar-refractivity contribution is 5.71. The molecule has 4 nitrogen and oxygen atoms in total. The number of aliphatic hydroxyl groups is 1. The van der Waals surface area contributed by atoms with Gasteiger partial charge >= 0.3 is 24.9 Å². The van der Waals surface area contributed by atoms with Crippen LogP contribution in [-0.4, -0.2) is 24.1 Å². The van der Waals surface area contributed by atoms with Crippen LogP contribution in [0.2, 0.25) is 0 Å². The maximum absolute atomic E-state index is 12.9. The second-order valence-electron chi connectivity index (χ2n) is 10.0. The summed E-state index contributed by atoms with van der Waals surface area (Å²) in [5.41, 5.74) is 0.380. The van der Waals surface area contributed by atoms with E-state index in [4.69, 9.17) is 5.11 Å². The van der Waals surface area contributed by atoms with Crippen LogP contribution >= 0.6 is 0 Å². The zero-order valence-corrected chi connectivity index (χ0v) is 27.2. The fourth-order valence-electron chi connectivity index (χ4n) is 3.38. The van der Waals surface area contributed by atoms with E-state index >= 15 is 0 Å². The zero-order valence-electron chi connectivity index (χ0n) is 27.2. The van der Waals surface area contributed by atoms with E-state index in [-0.39, 0.29) is 18.7 Å². The molecule has 0 atom stereocenters. The number of carbonyl (C=O) groups is 1. The molecule has 17 heteroatoms. The first-order valence-corrected chi connectivity index (χ1v) is 14.0. The van der Waals surface area contributed by atoms with Gasteiger partial charge in [-0.05, 0) is 56.7 Å². The molecule has 4 aromatic rings. The monoisotopic (exact) mass is 759 g/mol. The number of carbonyl (C=O) groups excluding carboxylic acids is 1. The molecule has 2 N–H and O–H groups in total. The lowest BCUT2D eigenvalue weighted by molar-refractivity contribution is -0.253. The van der Waals surface area contributed by atoms with E-state index < -0.39 is 59.2 Å². The summed E-state index contributed by atoms with van der Waals surface area (Å²) in [5, 5.41) is 10.6. The third-order valence-corrected chi connectivity index (χ3v) is 5.76. The Balaban J connectivity index is 0.000000671. The van der Waals surface area contributed by atoms with Crippen molar-refractivity contribution in [2.45, 2.75) is 52.3 Å². The zero-order chi connectivity index (χ0) is 40.4. The number of amides is 1. The number of terminal acetylenes is 1. The van der Waals surface area contributed by atoms with E-state index in [1.807, 2.05) is 36.5 Å². The fourth-order valence-corrected chi connectivity index (χ4v) is 3.38. The van der Waals surface area contributed by atoms with Crippen LogP contribution in [0.1, 0.15) is 33.4 Å². The Labute approximate surface area is 289 Å². The SMILES string of the molecule is C#C.Cc1ccc(CO)cc1.Cc1ccc(F)c(C(F)(F)F)c1.Cc1ccc(F)c(C(F)(F)F)c1.O=CNc1cc(F)cc(OC(F)(F)C(F)F)c1. The van der Waals surface area contributed by atoms with Crippen molar-refractivity contribution in [2.24, 2.45) is 0 Å². The molecular formula is C35H30F13NO3. The van der Waals surface area contributed by atoms with Crippen molar-refractivity contribution >= 4 is 12.1 Å². The summed E-state index contributed by atoms with van der Waals surface area (Å²) in [6.07, 6.45) is -9.81. The van der Waals surface area contributed by atoms with Crippen LogP contribution in [0.5, 0.6) is 5.75 Å². The predicted octanol–water partition coefficient (Wildman–Crippen LogP) is 10.7. The number of rotatable bonds is 6. The molecule has 4 rings (SSSR count). The number of anilines is 1. The number of alkyl halides is 10. The molecule has 0 aromatic heterocycles. The number of hydrogen-bond donors (Lipinski definition) is 2. The molecule has 0 aliphatic heterocycles. The van der Waals surface area contributed by atoms with E-state index in [9.17, 15) is 61.9 Å². The first-order valence-electron chi connectivity index (χ1n) is 14.0. The molecule has 0 aliphatic rings. The third-order valence-electron chi connectivity index (χ3n) is 5.76. The number of ether oxygens (including phenoxy) is 1. The molecule has 0 heterocycles. The minimum absolute atomic E-state index is 0.139. The van der Waals surface area contributed by atoms with Crippen LogP contribution in [0.15, 0.2) is 78.9 Å². The lowest BCUT2D eigenvalue weighted by atomic mass is 10.1. The second kappa shape index (κ2) is 21.2. The molecule has 0 saturated carbocycles. The molecule has 284 valence electrons. The number of nitrogens with one attached hydrogen (secondary N) is 1. The molecule has 0 bridgehead atoms. The Bertz CT molecular complexity index is 1640. The number of halogens is 13.